The molecule has 0 atom stereocenters. The first kappa shape index (κ1) is 58.1. The molecular formula is C46H27BF24N2O. The van der Waals surface area contributed by atoms with E-state index in [4.69, 9.17) is 0 Å². The van der Waals surface area contributed by atoms with Crippen molar-refractivity contribution in [1.82, 2.24) is 4.98 Å². The lowest BCUT2D eigenvalue weighted by atomic mass is 9.12. The van der Waals surface area contributed by atoms with Crippen LogP contribution >= 0.6 is 0 Å². The quantitative estimate of drug-likeness (QED) is 0.0659. The predicted molar refractivity (Wildman–Crippen MR) is 215 cm³/mol. The van der Waals surface area contributed by atoms with Crippen LogP contribution in [0.25, 0.3) is 0 Å². The largest absolute Gasteiger partial charge is 0.416 e. The third kappa shape index (κ3) is 13.3. The molecule has 0 bridgehead atoms. The predicted octanol–water partition coefficient (Wildman–Crippen LogP) is 13.0. The number of ketones is 1. The van der Waals surface area contributed by atoms with Gasteiger partial charge in [0.25, 0.3) is 0 Å². The van der Waals surface area contributed by atoms with E-state index in [1.54, 1.807) is 12.4 Å². The van der Waals surface area contributed by atoms with Crippen LogP contribution in [-0.2, 0) is 62.4 Å². The maximum atomic E-state index is 14.2. The maximum Gasteiger partial charge on any atom is 0.416 e. The molecule has 28 heteroatoms. The highest BCUT2D eigenvalue weighted by molar-refractivity contribution is 7.20. The first-order valence-electron chi connectivity index (χ1n) is 20.3. The number of hydrogen-bond acceptors (Lipinski definition) is 2. The Morgan fingerprint density at radius 3 is 0.905 bits per heavy atom. The van der Waals surface area contributed by atoms with Crippen molar-refractivity contribution in [1.29, 1.82) is 0 Å². The van der Waals surface area contributed by atoms with E-state index in [0.29, 0.717) is 6.54 Å². The molecule has 1 aromatic heterocycles. The molecule has 1 heterocycles. The van der Waals surface area contributed by atoms with Gasteiger partial charge in [0.1, 0.15) is 6.15 Å². The van der Waals surface area contributed by atoms with Crippen LogP contribution in [0.1, 0.15) is 67.5 Å². The molecule has 0 aliphatic rings. The van der Waals surface area contributed by atoms with Gasteiger partial charge >= 0.3 is 49.4 Å². The average Bonchev–Trinajstić information content (AvgIpc) is 3.27. The van der Waals surface area contributed by atoms with Crippen molar-refractivity contribution in [2.24, 2.45) is 0 Å². The average molecular weight is 1090 g/mol. The maximum absolute atomic E-state index is 14.2. The summed E-state index contributed by atoms with van der Waals surface area (Å²) in [5, 5.41) is 0. The van der Waals surface area contributed by atoms with E-state index in [2.05, 4.69) is 11.9 Å². The molecule has 0 spiro atoms. The van der Waals surface area contributed by atoms with Crippen LogP contribution in [0.2, 0.25) is 0 Å². The lowest BCUT2D eigenvalue weighted by Gasteiger charge is -2.46. The fourth-order valence-corrected chi connectivity index (χ4v) is 7.81. The van der Waals surface area contributed by atoms with E-state index in [1.165, 1.54) is 0 Å². The summed E-state index contributed by atoms with van der Waals surface area (Å²) in [5.74, 6) is 0.122. The van der Waals surface area contributed by atoms with E-state index in [1.807, 2.05) is 41.1 Å². The number of Topliss-reactive ketones (excluding diaryl/α,β-unsaturated/α-hetero) is 1. The molecule has 0 aliphatic heterocycles. The van der Waals surface area contributed by atoms with Crippen LogP contribution < -0.4 is 26.4 Å². The van der Waals surface area contributed by atoms with E-state index in [0.717, 1.165) is 17.7 Å². The molecule has 398 valence electrons. The molecule has 0 saturated carbocycles. The molecule has 0 radical (unpaired) electrons. The minimum Gasteiger partial charge on any atom is -0.287 e. The lowest BCUT2D eigenvalue weighted by molar-refractivity contribution is -0.691. The third-order valence-electron chi connectivity index (χ3n) is 11.1. The van der Waals surface area contributed by atoms with Crippen LogP contribution in [0.5, 0.6) is 0 Å². The van der Waals surface area contributed by atoms with E-state index < -0.39 is 195 Å². The van der Waals surface area contributed by atoms with Gasteiger partial charge in [0.2, 0.25) is 12.3 Å². The van der Waals surface area contributed by atoms with Crippen LogP contribution in [0, 0.1) is 0 Å². The van der Waals surface area contributed by atoms with Crippen LogP contribution in [0.3, 0.4) is 0 Å². The number of halogens is 24. The van der Waals surface area contributed by atoms with Crippen molar-refractivity contribution in [3.63, 3.8) is 0 Å². The Morgan fingerprint density at radius 1 is 0.419 bits per heavy atom. The van der Waals surface area contributed by atoms with Crippen molar-refractivity contribution in [3.8, 4) is 0 Å². The Balaban J connectivity index is 0.000000500. The van der Waals surface area contributed by atoms with Gasteiger partial charge in [0, 0.05) is 12.0 Å². The van der Waals surface area contributed by atoms with E-state index >= 15 is 0 Å². The minimum absolute atomic E-state index is 0.122. The second-order valence-corrected chi connectivity index (χ2v) is 16.1. The van der Waals surface area contributed by atoms with Crippen molar-refractivity contribution in [3.05, 3.63) is 177 Å². The Hall–Kier alpha value is -6.77. The summed E-state index contributed by atoms with van der Waals surface area (Å²) in [7, 11) is 0. The fraction of sp³-hybridized carbons (Fsp3) is 0.239. The van der Waals surface area contributed by atoms with Crippen molar-refractivity contribution >= 4 is 33.8 Å². The summed E-state index contributed by atoms with van der Waals surface area (Å²) >= 11 is 0. The number of aryl methyl sites for hydroxylation is 1. The molecule has 0 amide bonds. The molecule has 0 N–H and O–H groups in total. The van der Waals surface area contributed by atoms with Gasteiger partial charge in [0.15, 0.2) is 11.9 Å². The summed E-state index contributed by atoms with van der Waals surface area (Å²) in [6, 6.07) is 0.546. The molecule has 0 fully saturated rings. The molecule has 74 heavy (non-hydrogen) atoms. The van der Waals surface area contributed by atoms with Gasteiger partial charge in [-0.05, 0) is 24.3 Å². The van der Waals surface area contributed by atoms with Crippen LogP contribution in [0.4, 0.5) is 105 Å². The standard InChI is InChI=1S/C32H12BF24.C14H15N2O/c34-25(35,36)13-1-14(26(37,38)39)6-21(5-13)33(22-7-15(27(40,41)42)2-16(8-22)28(43,44)45,23-9-17(29(46,47)48)3-18(10-23)30(49,50)51)24-11-19(31(52,53)54)4-20(12-24)32(55,56)57;1-2-13-10-15-8-9-16(13)11-14(17)12-6-4-3-5-7-12/h1-12H;3-10H,2,11H2,1H3/q-1;+1. The van der Waals surface area contributed by atoms with E-state index in [9.17, 15) is 110 Å². The monoisotopic (exact) mass is 1090 g/mol. The summed E-state index contributed by atoms with van der Waals surface area (Å²) < 4.78 is 343. The highest BCUT2D eigenvalue weighted by Gasteiger charge is 2.47. The molecule has 6 aromatic rings. The molecule has 3 nitrogen and oxygen atoms in total. The van der Waals surface area contributed by atoms with Gasteiger partial charge in [0.05, 0.1) is 56.9 Å². The molecule has 0 aliphatic carbocycles. The number of hydrogen-bond donors (Lipinski definition) is 0. The molecular weight excluding hydrogens is 1060 g/mol. The second-order valence-electron chi connectivity index (χ2n) is 16.1. The third-order valence-corrected chi connectivity index (χ3v) is 11.1. The zero-order valence-electron chi connectivity index (χ0n) is 36.4. The van der Waals surface area contributed by atoms with Crippen molar-refractivity contribution in [2.75, 3.05) is 0 Å². The van der Waals surface area contributed by atoms with Crippen LogP contribution in [0.15, 0.2) is 122 Å². The topological polar surface area (TPSA) is 33.8 Å². The van der Waals surface area contributed by atoms with Crippen molar-refractivity contribution in [2.45, 2.75) is 69.3 Å². The number of rotatable bonds is 8. The highest BCUT2D eigenvalue weighted by atomic mass is 19.4. The zero-order valence-corrected chi connectivity index (χ0v) is 36.4. The van der Waals surface area contributed by atoms with Crippen molar-refractivity contribution < 1.29 is 115 Å². The molecule has 5 aromatic carbocycles. The summed E-state index contributed by atoms with van der Waals surface area (Å²) in [4.78, 5) is 16.1. The summed E-state index contributed by atoms with van der Waals surface area (Å²) in [6.45, 7) is 2.43. The number of carbonyl (C=O) groups is 1. The van der Waals surface area contributed by atoms with E-state index in [-0.39, 0.29) is 5.78 Å². The number of aromatic nitrogens is 2. The van der Waals surface area contributed by atoms with Crippen LogP contribution in [-0.4, -0.2) is 16.9 Å². The molecule has 6 rings (SSSR count). The second kappa shape index (κ2) is 20.2. The van der Waals surface area contributed by atoms with Gasteiger partial charge in [-0.2, -0.15) is 132 Å². The first-order chi connectivity index (χ1) is 33.6. The van der Waals surface area contributed by atoms with Gasteiger partial charge in [-0.3, -0.25) is 9.78 Å². The van der Waals surface area contributed by atoms with Gasteiger partial charge < -0.3 is 0 Å². The SMILES string of the molecule is CCc1cncc[n+]1CC(=O)c1ccccc1.FC(F)(F)c1cc([B-](c2cc(C(F)(F)F)cc(C(F)(F)F)c2)(c2cc(C(F)(F)F)cc(C(F)(F)F)c2)c2cc(C(F)(F)F)cc(C(F)(F)F)c2)cc(C(F)(F)F)c1. The number of benzene rings is 5. The molecule has 0 unspecified atom stereocenters. The fourth-order valence-electron chi connectivity index (χ4n) is 7.81. The molecule has 0 saturated heterocycles. The minimum atomic E-state index is -6.13. The number of carbonyl (C=O) groups excluding carboxylic acids is 1. The Kier molecular flexibility index (Phi) is 15.8. The number of alkyl halides is 24. The van der Waals surface area contributed by atoms with Gasteiger partial charge in [-0.15, -0.1) is 0 Å². The smallest absolute Gasteiger partial charge is 0.287 e. The summed E-state index contributed by atoms with van der Waals surface area (Å²) in [6.07, 6.45) is -48.6. The zero-order chi connectivity index (χ0) is 56.0. The Morgan fingerprint density at radius 2 is 0.676 bits per heavy atom. The highest BCUT2D eigenvalue weighted by Crippen LogP contribution is 2.41. The van der Waals surface area contributed by atoms with Gasteiger partial charge in [-0.1, -0.05) is 85.8 Å². The van der Waals surface area contributed by atoms with Gasteiger partial charge in [-0.25, -0.2) is 0 Å². The normalized spacial score (nSPS) is 13.4. The first-order valence-corrected chi connectivity index (χ1v) is 20.3. The summed E-state index contributed by atoms with van der Waals surface area (Å²) in [5.41, 5.74) is -28.4. The number of nitrogens with zero attached hydrogens (tertiary/aromatic N) is 2. The lowest BCUT2D eigenvalue weighted by Crippen LogP contribution is -2.75. The Labute approximate surface area is 400 Å². The Bertz CT molecular complexity index is 2540.